The first-order valence-corrected chi connectivity index (χ1v) is 13.1. The Hall–Kier alpha value is -2.16. The first-order valence-electron chi connectivity index (χ1n) is 11.3. The lowest BCUT2D eigenvalue weighted by Crippen LogP contribution is -2.44. The number of hydrogen-bond acceptors (Lipinski definition) is 4. The van der Waals surface area contributed by atoms with Crippen molar-refractivity contribution in [1.29, 1.82) is 0 Å². The second-order valence-electron chi connectivity index (χ2n) is 8.45. The van der Waals surface area contributed by atoms with Crippen molar-refractivity contribution in [1.82, 2.24) is 9.21 Å². The molecule has 0 aliphatic carbocycles. The number of ether oxygens (including phenoxy) is 1. The molecule has 6 nitrogen and oxygen atoms in total. The van der Waals surface area contributed by atoms with Crippen molar-refractivity contribution in [3.05, 3.63) is 58.9 Å². The number of piperidine rings is 1. The number of halogens is 2. The molecule has 0 radical (unpaired) electrons. The Morgan fingerprint density at radius 3 is 2.42 bits per heavy atom. The van der Waals surface area contributed by atoms with Crippen LogP contribution in [0, 0.1) is 11.7 Å². The Morgan fingerprint density at radius 2 is 1.79 bits per heavy atom. The molecule has 2 aliphatic heterocycles. The molecular weight excluding hydrogens is 467 g/mol. The third-order valence-corrected chi connectivity index (χ3v) is 8.63. The van der Waals surface area contributed by atoms with E-state index in [2.05, 4.69) is 0 Å². The normalized spacial score (nSPS) is 20.2. The van der Waals surface area contributed by atoms with Crippen molar-refractivity contribution in [2.45, 2.75) is 43.5 Å². The van der Waals surface area contributed by atoms with Crippen molar-refractivity contribution in [3.8, 4) is 5.75 Å². The highest BCUT2D eigenvalue weighted by molar-refractivity contribution is 7.89. The largest absolute Gasteiger partial charge is 0.494 e. The number of carbonyl (C=O) groups excluding carboxylic acids is 1. The molecule has 2 aromatic rings. The first kappa shape index (κ1) is 24.0. The van der Waals surface area contributed by atoms with E-state index in [0.29, 0.717) is 26.0 Å². The molecular formula is C24H28ClFN2O4S. The van der Waals surface area contributed by atoms with Gasteiger partial charge in [0.1, 0.15) is 11.6 Å². The molecule has 2 aliphatic rings. The van der Waals surface area contributed by atoms with Gasteiger partial charge in [-0.2, -0.15) is 4.31 Å². The van der Waals surface area contributed by atoms with Crippen molar-refractivity contribution >= 4 is 27.5 Å². The molecule has 0 bridgehead atoms. The van der Waals surface area contributed by atoms with Gasteiger partial charge in [-0.05, 0) is 68.5 Å². The smallest absolute Gasteiger partial charge is 0.243 e. The van der Waals surface area contributed by atoms with Crippen LogP contribution in [0.3, 0.4) is 0 Å². The molecule has 2 aromatic carbocycles. The predicted molar refractivity (Wildman–Crippen MR) is 124 cm³/mol. The van der Waals surface area contributed by atoms with Gasteiger partial charge < -0.3 is 9.64 Å². The van der Waals surface area contributed by atoms with Crippen LogP contribution in [0.25, 0.3) is 0 Å². The van der Waals surface area contributed by atoms with E-state index in [0.717, 1.165) is 36.3 Å². The van der Waals surface area contributed by atoms with Gasteiger partial charge in [0.25, 0.3) is 0 Å². The number of hydrogen-bond donors (Lipinski definition) is 0. The highest BCUT2D eigenvalue weighted by atomic mass is 35.5. The molecule has 1 atom stereocenters. The van der Waals surface area contributed by atoms with Crippen LogP contribution in [0.2, 0.25) is 5.02 Å². The SMILES string of the molecule is CCOc1ccc([C@@H]2CCCN2C(=O)C2CCN(S(=O)(=O)c3ccc(F)c(Cl)c3)CC2)cc1. The molecule has 0 spiro atoms. The minimum atomic E-state index is -3.79. The Bertz CT molecular complexity index is 1100. The molecule has 0 saturated carbocycles. The zero-order valence-corrected chi connectivity index (χ0v) is 20.1. The highest BCUT2D eigenvalue weighted by Gasteiger charge is 2.37. The summed E-state index contributed by atoms with van der Waals surface area (Å²) in [5.41, 5.74) is 1.09. The van der Waals surface area contributed by atoms with Gasteiger partial charge in [-0.25, -0.2) is 12.8 Å². The Balaban J connectivity index is 1.40. The fraction of sp³-hybridized carbons (Fsp3) is 0.458. The Morgan fingerprint density at radius 1 is 1.09 bits per heavy atom. The molecule has 0 unspecified atom stereocenters. The van der Waals surface area contributed by atoms with E-state index in [9.17, 15) is 17.6 Å². The van der Waals surface area contributed by atoms with Crippen LogP contribution in [-0.4, -0.2) is 49.8 Å². The van der Waals surface area contributed by atoms with Crippen LogP contribution in [0.5, 0.6) is 5.75 Å². The topological polar surface area (TPSA) is 66.9 Å². The van der Waals surface area contributed by atoms with Crippen molar-refractivity contribution in [2.75, 3.05) is 26.2 Å². The van der Waals surface area contributed by atoms with Gasteiger partial charge >= 0.3 is 0 Å². The van der Waals surface area contributed by atoms with E-state index < -0.39 is 15.8 Å². The molecule has 33 heavy (non-hydrogen) atoms. The van der Waals surface area contributed by atoms with E-state index in [-0.39, 0.29) is 40.9 Å². The van der Waals surface area contributed by atoms with Gasteiger partial charge in [-0.3, -0.25) is 4.79 Å². The molecule has 0 aromatic heterocycles. The summed E-state index contributed by atoms with van der Waals surface area (Å²) in [5.74, 6) is 0.0329. The molecule has 9 heteroatoms. The van der Waals surface area contributed by atoms with Crippen molar-refractivity contribution < 1.29 is 22.3 Å². The maximum absolute atomic E-state index is 13.4. The lowest BCUT2D eigenvalue weighted by Gasteiger charge is -2.34. The van der Waals surface area contributed by atoms with Gasteiger partial charge in [-0.15, -0.1) is 0 Å². The maximum Gasteiger partial charge on any atom is 0.243 e. The molecule has 4 rings (SSSR count). The number of carbonyl (C=O) groups is 1. The zero-order valence-electron chi connectivity index (χ0n) is 18.5. The zero-order chi connectivity index (χ0) is 23.6. The maximum atomic E-state index is 13.4. The average Bonchev–Trinajstić information content (AvgIpc) is 3.31. The lowest BCUT2D eigenvalue weighted by atomic mass is 9.95. The van der Waals surface area contributed by atoms with Gasteiger partial charge in [0.05, 0.1) is 22.6 Å². The molecule has 2 saturated heterocycles. The summed E-state index contributed by atoms with van der Waals surface area (Å²) < 4.78 is 46.2. The van der Waals surface area contributed by atoms with E-state index in [4.69, 9.17) is 16.3 Å². The van der Waals surface area contributed by atoms with Crippen LogP contribution in [0.1, 0.15) is 44.2 Å². The van der Waals surface area contributed by atoms with E-state index >= 15 is 0 Å². The third kappa shape index (κ3) is 5.03. The number of amides is 1. The fourth-order valence-electron chi connectivity index (χ4n) is 4.69. The quantitative estimate of drug-likeness (QED) is 0.586. The van der Waals surface area contributed by atoms with Gasteiger partial charge in [-0.1, -0.05) is 23.7 Å². The van der Waals surface area contributed by atoms with Crippen LogP contribution >= 0.6 is 11.6 Å². The summed E-state index contributed by atoms with van der Waals surface area (Å²) in [6.45, 7) is 3.75. The lowest BCUT2D eigenvalue weighted by molar-refractivity contribution is -0.137. The van der Waals surface area contributed by atoms with Gasteiger partial charge in [0.15, 0.2) is 0 Å². The van der Waals surface area contributed by atoms with Crippen molar-refractivity contribution in [2.24, 2.45) is 5.92 Å². The number of likely N-dealkylation sites (tertiary alicyclic amines) is 1. The Labute approximate surface area is 199 Å². The average molecular weight is 495 g/mol. The minimum absolute atomic E-state index is 0.0335. The summed E-state index contributed by atoms with van der Waals surface area (Å²) in [4.78, 5) is 15.3. The van der Waals surface area contributed by atoms with Crippen LogP contribution < -0.4 is 4.74 Å². The highest BCUT2D eigenvalue weighted by Crippen LogP contribution is 2.36. The standard InChI is InChI=1S/C24H28ClFN2O4S/c1-2-32-19-7-5-17(6-8-19)23-4-3-13-28(23)24(29)18-11-14-27(15-12-18)33(30,31)20-9-10-22(26)21(25)16-20/h5-10,16,18,23H,2-4,11-15H2,1H3/t23-/m0/s1. The van der Waals surface area contributed by atoms with Gasteiger partial charge in [0.2, 0.25) is 15.9 Å². The predicted octanol–water partition coefficient (Wildman–Crippen LogP) is 4.64. The molecule has 2 fully saturated rings. The minimum Gasteiger partial charge on any atom is -0.494 e. The molecule has 2 heterocycles. The number of benzene rings is 2. The number of rotatable bonds is 6. The van der Waals surface area contributed by atoms with Crippen LogP contribution in [-0.2, 0) is 14.8 Å². The molecule has 178 valence electrons. The summed E-state index contributed by atoms with van der Waals surface area (Å²) in [5, 5.41) is -0.226. The van der Waals surface area contributed by atoms with E-state index in [1.54, 1.807) is 0 Å². The summed E-state index contributed by atoms with van der Waals surface area (Å²) in [7, 11) is -3.79. The van der Waals surface area contributed by atoms with Gasteiger partial charge in [0, 0.05) is 25.6 Å². The first-order chi connectivity index (χ1) is 15.8. The number of sulfonamides is 1. The Kier molecular flexibility index (Phi) is 7.26. The summed E-state index contributed by atoms with van der Waals surface area (Å²) >= 11 is 5.77. The summed E-state index contributed by atoms with van der Waals surface area (Å²) in [6, 6.07) is 11.4. The van der Waals surface area contributed by atoms with Crippen LogP contribution in [0.15, 0.2) is 47.4 Å². The van der Waals surface area contributed by atoms with Crippen molar-refractivity contribution in [3.63, 3.8) is 0 Å². The monoisotopic (exact) mass is 494 g/mol. The number of nitrogens with zero attached hydrogens (tertiary/aromatic N) is 2. The van der Waals surface area contributed by atoms with E-state index in [1.807, 2.05) is 36.1 Å². The fourth-order valence-corrected chi connectivity index (χ4v) is 6.44. The second kappa shape index (κ2) is 9.99. The molecule has 1 amide bonds. The van der Waals surface area contributed by atoms with E-state index in [1.165, 1.54) is 10.4 Å². The second-order valence-corrected chi connectivity index (χ2v) is 10.8. The third-order valence-electron chi connectivity index (χ3n) is 6.44. The van der Waals surface area contributed by atoms with Crippen LogP contribution in [0.4, 0.5) is 4.39 Å². The molecule has 0 N–H and O–H groups in total. The summed E-state index contributed by atoms with van der Waals surface area (Å²) in [6.07, 6.45) is 2.78.